The molecule has 0 radical (unpaired) electrons. The Morgan fingerprint density at radius 1 is 1.26 bits per heavy atom. The number of hydrogen-bond acceptors (Lipinski definition) is 3. The maximum Gasteiger partial charge on any atom is 0.0595 e. The molecule has 0 amide bonds. The van der Waals surface area contributed by atoms with Crippen LogP contribution in [-0.4, -0.2) is 44.3 Å². The highest BCUT2D eigenvalue weighted by Crippen LogP contribution is 2.25. The quantitative estimate of drug-likeness (QED) is 0.905. The summed E-state index contributed by atoms with van der Waals surface area (Å²) in [6.07, 6.45) is 0. The van der Waals surface area contributed by atoms with Gasteiger partial charge in [0, 0.05) is 32.2 Å². The summed E-state index contributed by atoms with van der Waals surface area (Å²) < 4.78 is 5.33. The predicted octanol–water partition coefficient (Wildman–Crippen LogP) is 2.98. The molecule has 1 atom stereocenters. The number of nitrogens with zero attached hydrogens (tertiary/aromatic N) is 1. The van der Waals surface area contributed by atoms with Gasteiger partial charge in [-0.15, -0.1) is 0 Å². The Kier molecular flexibility index (Phi) is 5.92. The Balaban J connectivity index is 1.76. The van der Waals surface area contributed by atoms with Crippen molar-refractivity contribution < 1.29 is 4.74 Å². The van der Waals surface area contributed by atoms with Gasteiger partial charge < -0.3 is 10.1 Å². The first-order chi connectivity index (χ1) is 9.16. The first kappa shape index (κ1) is 15.1. The van der Waals surface area contributed by atoms with Crippen molar-refractivity contribution in [3.05, 3.63) is 33.8 Å². The average molecular weight is 303 g/mol. The molecule has 0 aliphatic carbocycles. The average Bonchev–Trinajstić information content (AvgIpc) is 2.43. The van der Waals surface area contributed by atoms with Crippen molar-refractivity contribution in [2.45, 2.75) is 13.0 Å². The van der Waals surface area contributed by atoms with Crippen molar-refractivity contribution >= 4 is 23.2 Å². The van der Waals surface area contributed by atoms with Gasteiger partial charge in [-0.2, -0.15) is 0 Å². The van der Waals surface area contributed by atoms with Crippen LogP contribution in [0.1, 0.15) is 18.5 Å². The largest absolute Gasteiger partial charge is 0.379 e. The smallest absolute Gasteiger partial charge is 0.0595 e. The molecule has 2 rings (SSSR count). The third kappa shape index (κ3) is 4.62. The first-order valence-electron chi connectivity index (χ1n) is 6.65. The second kappa shape index (κ2) is 7.46. The number of hydrogen-bond donors (Lipinski definition) is 1. The minimum Gasteiger partial charge on any atom is -0.379 e. The maximum absolute atomic E-state index is 6.03. The number of morpholine rings is 1. The van der Waals surface area contributed by atoms with Crippen molar-refractivity contribution in [3.8, 4) is 0 Å². The third-order valence-electron chi connectivity index (χ3n) is 3.43. The number of ether oxygens (including phenoxy) is 1. The Hall–Kier alpha value is -0.320. The van der Waals surface area contributed by atoms with Gasteiger partial charge in [0.25, 0.3) is 0 Å². The molecule has 1 N–H and O–H groups in total. The zero-order valence-corrected chi connectivity index (χ0v) is 12.7. The van der Waals surface area contributed by atoms with Crippen LogP contribution in [0.5, 0.6) is 0 Å². The summed E-state index contributed by atoms with van der Waals surface area (Å²) in [5.41, 5.74) is 1.16. The minimum atomic E-state index is 0.274. The van der Waals surface area contributed by atoms with E-state index >= 15 is 0 Å². The second-order valence-corrected chi connectivity index (χ2v) is 5.62. The summed E-state index contributed by atoms with van der Waals surface area (Å²) >= 11 is 12.0. The Morgan fingerprint density at radius 2 is 2.00 bits per heavy atom. The topological polar surface area (TPSA) is 24.5 Å². The van der Waals surface area contributed by atoms with Crippen LogP contribution in [0.4, 0.5) is 0 Å². The predicted molar refractivity (Wildman–Crippen MR) is 80.1 cm³/mol. The van der Waals surface area contributed by atoms with Crippen LogP contribution in [0.25, 0.3) is 0 Å². The highest BCUT2D eigenvalue weighted by atomic mass is 35.5. The van der Waals surface area contributed by atoms with E-state index in [0.29, 0.717) is 10.0 Å². The van der Waals surface area contributed by atoms with E-state index in [2.05, 4.69) is 17.1 Å². The maximum atomic E-state index is 6.03. The molecule has 3 nitrogen and oxygen atoms in total. The van der Waals surface area contributed by atoms with Crippen LogP contribution in [-0.2, 0) is 4.74 Å². The summed E-state index contributed by atoms with van der Waals surface area (Å²) in [6, 6.07) is 6.06. The molecule has 0 aromatic heterocycles. The lowest BCUT2D eigenvalue weighted by Crippen LogP contribution is -2.40. The van der Waals surface area contributed by atoms with Gasteiger partial charge in [-0.25, -0.2) is 0 Å². The van der Waals surface area contributed by atoms with Crippen LogP contribution in [0.2, 0.25) is 10.0 Å². The van der Waals surface area contributed by atoms with Gasteiger partial charge in [0.05, 0.1) is 23.3 Å². The second-order valence-electron chi connectivity index (χ2n) is 4.80. The number of benzene rings is 1. The molecule has 106 valence electrons. The number of halogens is 2. The molecular formula is C14H20Cl2N2O. The van der Waals surface area contributed by atoms with Crippen molar-refractivity contribution in [3.63, 3.8) is 0 Å². The molecule has 1 aromatic carbocycles. The molecule has 1 aliphatic rings. The van der Waals surface area contributed by atoms with Crippen molar-refractivity contribution in [1.82, 2.24) is 10.2 Å². The van der Waals surface area contributed by atoms with Crippen LogP contribution in [0.3, 0.4) is 0 Å². The van der Waals surface area contributed by atoms with Crippen LogP contribution < -0.4 is 5.32 Å². The lowest BCUT2D eigenvalue weighted by Gasteiger charge is -2.27. The minimum absolute atomic E-state index is 0.274. The van der Waals surface area contributed by atoms with Crippen LogP contribution in [0.15, 0.2) is 18.2 Å². The molecule has 1 unspecified atom stereocenters. The molecule has 0 bridgehead atoms. The Bertz CT molecular complexity index is 408. The van der Waals surface area contributed by atoms with Gasteiger partial charge in [0.2, 0.25) is 0 Å². The van der Waals surface area contributed by atoms with E-state index in [1.54, 1.807) is 0 Å². The summed E-state index contributed by atoms with van der Waals surface area (Å²) in [7, 11) is 0. The fourth-order valence-electron chi connectivity index (χ4n) is 2.16. The van der Waals surface area contributed by atoms with E-state index in [9.17, 15) is 0 Å². The van der Waals surface area contributed by atoms with Gasteiger partial charge in [0.15, 0.2) is 0 Å². The normalized spacial score (nSPS) is 18.5. The fraction of sp³-hybridized carbons (Fsp3) is 0.571. The van der Waals surface area contributed by atoms with E-state index in [1.807, 2.05) is 18.2 Å². The summed E-state index contributed by atoms with van der Waals surface area (Å²) in [4.78, 5) is 2.41. The highest BCUT2D eigenvalue weighted by Gasteiger charge is 2.11. The zero-order chi connectivity index (χ0) is 13.7. The summed E-state index contributed by atoms with van der Waals surface area (Å²) in [5.74, 6) is 0. The molecule has 0 saturated carbocycles. The lowest BCUT2D eigenvalue weighted by atomic mass is 10.1. The fourth-order valence-corrected chi connectivity index (χ4v) is 2.47. The van der Waals surface area contributed by atoms with Gasteiger partial charge >= 0.3 is 0 Å². The van der Waals surface area contributed by atoms with E-state index < -0.39 is 0 Å². The van der Waals surface area contributed by atoms with Crippen LogP contribution in [0, 0.1) is 0 Å². The lowest BCUT2D eigenvalue weighted by molar-refractivity contribution is 0.0382. The zero-order valence-electron chi connectivity index (χ0n) is 11.2. The third-order valence-corrected chi connectivity index (χ3v) is 4.16. The van der Waals surface area contributed by atoms with Gasteiger partial charge in [0.1, 0.15) is 0 Å². The molecular weight excluding hydrogens is 283 g/mol. The summed E-state index contributed by atoms with van der Waals surface area (Å²) in [5, 5.41) is 4.72. The first-order valence-corrected chi connectivity index (χ1v) is 7.41. The monoisotopic (exact) mass is 302 g/mol. The highest BCUT2D eigenvalue weighted by molar-refractivity contribution is 6.42. The van der Waals surface area contributed by atoms with E-state index in [0.717, 1.165) is 45.0 Å². The van der Waals surface area contributed by atoms with Gasteiger partial charge in [-0.3, -0.25) is 4.90 Å². The molecule has 19 heavy (non-hydrogen) atoms. The van der Waals surface area contributed by atoms with E-state index in [-0.39, 0.29) is 6.04 Å². The van der Waals surface area contributed by atoms with E-state index in [1.165, 1.54) is 0 Å². The Morgan fingerprint density at radius 3 is 2.68 bits per heavy atom. The van der Waals surface area contributed by atoms with Crippen molar-refractivity contribution in [1.29, 1.82) is 0 Å². The molecule has 1 heterocycles. The molecule has 1 fully saturated rings. The molecule has 1 aliphatic heterocycles. The van der Waals surface area contributed by atoms with Crippen LogP contribution >= 0.6 is 23.2 Å². The van der Waals surface area contributed by atoms with E-state index in [4.69, 9.17) is 27.9 Å². The summed E-state index contributed by atoms with van der Waals surface area (Å²) in [6.45, 7) is 7.91. The molecule has 5 heteroatoms. The van der Waals surface area contributed by atoms with Gasteiger partial charge in [-0.05, 0) is 24.6 Å². The standard InChI is InChI=1S/C14H20Cl2N2O/c1-11(12-2-3-13(15)14(16)10-12)17-4-5-18-6-8-19-9-7-18/h2-3,10-11,17H,4-9H2,1H3. The molecule has 0 spiro atoms. The SMILES string of the molecule is CC(NCCN1CCOCC1)c1ccc(Cl)c(Cl)c1. The molecule has 1 saturated heterocycles. The van der Waals surface area contributed by atoms with Crippen molar-refractivity contribution in [2.24, 2.45) is 0 Å². The van der Waals surface area contributed by atoms with Crippen molar-refractivity contribution in [2.75, 3.05) is 39.4 Å². The molecule has 1 aromatic rings. The number of nitrogens with one attached hydrogen (secondary N) is 1. The van der Waals surface area contributed by atoms with Gasteiger partial charge in [-0.1, -0.05) is 29.3 Å². The number of rotatable bonds is 5. The Labute approximate surface area is 124 Å².